The highest BCUT2D eigenvalue weighted by atomic mass is 19.1. The monoisotopic (exact) mass is 204 g/mol. The number of benzene rings is 2. The number of hydrogen-bond acceptors (Lipinski definition) is 1. The fraction of sp³-hybridized carbons (Fsp3) is 0.231. The smallest absolute Gasteiger partial charge is 0.127 e. The van der Waals surface area contributed by atoms with Gasteiger partial charge in [-0.15, -0.1) is 0 Å². The number of aromatic hydroxyl groups is 1. The molecule has 0 aliphatic heterocycles. The zero-order chi connectivity index (χ0) is 11.0. The van der Waals surface area contributed by atoms with E-state index in [0.29, 0.717) is 5.56 Å². The zero-order valence-corrected chi connectivity index (χ0v) is 8.79. The van der Waals surface area contributed by atoms with Gasteiger partial charge in [0.25, 0.3) is 0 Å². The molecule has 2 aromatic carbocycles. The molecular formula is C13H13FO. The first kappa shape index (κ1) is 9.97. The van der Waals surface area contributed by atoms with Gasteiger partial charge in [-0.05, 0) is 40.5 Å². The van der Waals surface area contributed by atoms with Crippen molar-refractivity contribution in [2.24, 2.45) is 0 Å². The molecule has 0 spiro atoms. The van der Waals surface area contributed by atoms with Gasteiger partial charge in [0.2, 0.25) is 0 Å². The summed E-state index contributed by atoms with van der Waals surface area (Å²) in [5.41, 5.74) is 0.715. The van der Waals surface area contributed by atoms with Crippen LogP contribution in [0.4, 0.5) is 4.39 Å². The first-order valence-electron chi connectivity index (χ1n) is 5.00. The highest BCUT2D eigenvalue weighted by molar-refractivity contribution is 5.87. The summed E-state index contributed by atoms with van der Waals surface area (Å²) in [4.78, 5) is 0. The molecule has 1 nitrogen and oxygen atoms in total. The summed E-state index contributed by atoms with van der Waals surface area (Å²) in [6.45, 7) is 3.93. The molecule has 2 heteroatoms. The SMILES string of the molecule is CC(C)c1c(F)ccc2cc(O)ccc12. The molecular weight excluding hydrogens is 191 g/mol. The molecule has 0 amide bonds. The second kappa shape index (κ2) is 3.54. The van der Waals surface area contributed by atoms with Crippen LogP contribution in [0.5, 0.6) is 5.75 Å². The van der Waals surface area contributed by atoms with Crippen molar-refractivity contribution in [1.29, 1.82) is 0 Å². The number of hydrogen-bond donors (Lipinski definition) is 1. The van der Waals surface area contributed by atoms with E-state index in [2.05, 4.69) is 0 Å². The van der Waals surface area contributed by atoms with Crippen LogP contribution in [0.3, 0.4) is 0 Å². The zero-order valence-electron chi connectivity index (χ0n) is 8.79. The van der Waals surface area contributed by atoms with Crippen LogP contribution in [0.25, 0.3) is 10.8 Å². The van der Waals surface area contributed by atoms with Crippen molar-refractivity contribution < 1.29 is 9.50 Å². The predicted molar refractivity (Wildman–Crippen MR) is 59.7 cm³/mol. The maximum atomic E-state index is 13.6. The summed E-state index contributed by atoms with van der Waals surface area (Å²) in [6, 6.07) is 8.16. The molecule has 78 valence electrons. The molecule has 0 radical (unpaired) electrons. The van der Waals surface area contributed by atoms with Crippen LogP contribution in [0.1, 0.15) is 25.3 Å². The molecule has 2 rings (SSSR count). The lowest BCUT2D eigenvalue weighted by molar-refractivity contribution is 0.476. The van der Waals surface area contributed by atoms with E-state index in [1.165, 1.54) is 6.07 Å². The molecule has 2 aromatic rings. The van der Waals surface area contributed by atoms with E-state index in [4.69, 9.17) is 0 Å². The summed E-state index contributed by atoms with van der Waals surface area (Å²) in [5.74, 6) is 0.172. The van der Waals surface area contributed by atoms with Crippen LogP contribution in [0, 0.1) is 5.82 Å². The molecule has 0 fully saturated rings. The predicted octanol–water partition coefficient (Wildman–Crippen LogP) is 3.81. The summed E-state index contributed by atoms with van der Waals surface area (Å²) in [7, 11) is 0. The van der Waals surface area contributed by atoms with E-state index in [1.807, 2.05) is 13.8 Å². The number of halogens is 1. The van der Waals surface area contributed by atoms with Crippen LogP contribution in [0.2, 0.25) is 0 Å². The Bertz CT molecular complexity index is 503. The number of phenols is 1. The molecule has 0 aliphatic carbocycles. The molecule has 1 N–H and O–H groups in total. The minimum Gasteiger partial charge on any atom is -0.508 e. The maximum absolute atomic E-state index is 13.6. The molecule has 0 aromatic heterocycles. The van der Waals surface area contributed by atoms with Gasteiger partial charge < -0.3 is 5.11 Å². The Morgan fingerprint density at radius 1 is 1.13 bits per heavy atom. The van der Waals surface area contributed by atoms with E-state index >= 15 is 0 Å². The maximum Gasteiger partial charge on any atom is 0.127 e. The topological polar surface area (TPSA) is 20.2 Å². The average molecular weight is 204 g/mol. The van der Waals surface area contributed by atoms with E-state index in [-0.39, 0.29) is 17.5 Å². The average Bonchev–Trinajstić information content (AvgIpc) is 2.17. The van der Waals surface area contributed by atoms with E-state index in [9.17, 15) is 9.50 Å². The van der Waals surface area contributed by atoms with Crippen LogP contribution < -0.4 is 0 Å². The summed E-state index contributed by atoms with van der Waals surface area (Å²) in [5, 5.41) is 11.1. The van der Waals surface area contributed by atoms with Crippen molar-refractivity contribution in [1.82, 2.24) is 0 Å². The van der Waals surface area contributed by atoms with Gasteiger partial charge in [-0.3, -0.25) is 0 Å². The van der Waals surface area contributed by atoms with Crippen molar-refractivity contribution in [2.45, 2.75) is 19.8 Å². The fourth-order valence-electron chi connectivity index (χ4n) is 1.90. The largest absolute Gasteiger partial charge is 0.508 e. The normalized spacial score (nSPS) is 11.2. The number of fused-ring (bicyclic) bond motifs is 1. The Labute approximate surface area is 88.2 Å². The van der Waals surface area contributed by atoms with Crippen LogP contribution in [0.15, 0.2) is 30.3 Å². The minimum atomic E-state index is -0.178. The van der Waals surface area contributed by atoms with Crippen molar-refractivity contribution in [3.8, 4) is 5.75 Å². The standard InChI is InChI=1S/C13H13FO/c1-8(2)13-11-5-4-10(15)7-9(11)3-6-12(13)14/h3-8,15H,1-2H3. The number of phenolic OH excluding ortho intramolecular Hbond substituents is 1. The second-order valence-corrected chi connectivity index (χ2v) is 4.02. The Morgan fingerprint density at radius 3 is 2.53 bits per heavy atom. The quantitative estimate of drug-likeness (QED) is 0.748. The molecule has 15 heavy (non-hydrogen) atoms. The van der Waals surface area contributed by atoms with Crippen LogP contribution >= 0.6 is 0 Å². The molecule has 0 saturated carbocycles. The molecule has 0 aliphatic rings. The van der Waals surface area contributed by atoms with E-state index in [1.54, 1.807) is 24.3 Å². The minimum absolute atomic E-state index is 0.137. The molecule has 0 atom stereocenters. The Morgan fingerprint density at radius 2 is 1.87 bits per heavy atom. The van der Waals surface area contributed by atoms with E-state index in [0.717, 1.165) is 10.8 Å². The highest BCUT2D eigenvalue weighted by Gasteiger charge is 2.11. The fourth-order valence-corrected chi connectivity index (χ4v) is 1.90. The van der Waals surface area contributed by atoms with Gasteiger partial charge >= 0.3 is 0 Å². The second-order valence-electron chi connectivity index (χ2n) is 4.02. The van der Waals surface area contributed by atoms with Gasteiger partial charge in [0, 0.05) is 0 Å². The summed E-state index contributed by atoms with van der Waals surface area (Å²) >= 11 is 0. The van der Waals surface area contributed by atoms with Gasteiger partial charge in [-0.25, -0.2) is 4.39 Å². The lowest BCUT2D eigenvalue weighted by Crippen LogP contribution is -1.94. The molecule has 0 saturated heterocycles. The third-order valence-electron chi connectivity index (χ3n) is 2.57. The van der Waals surface area contributed by atoms with Gasteiger partial charge in [-0.2, -0.15) is 0 Å². The van der Waals surface area contributed by atoms with Gasteiger partial charge in [0.1, 0.15) is 11.6 Å². The first-order valence-corrected chi connectivity index (χ1v) is 5.00. The van der Waals surface area contributed by atoms with Crippen LogP contribution in [-0.4, -0.2) is 5.11 Å². The third kappa shape index (κ3) is 1.67. The van der Waals surface area contributed by atoms with Crippen molar-refractivity contribution >= 4 is 10.8 Å². The Kier molecular flexibility index (Phi) is 2.35. The first-order chi connectivity index (χ1) is 7.09. The molecule has 0 heterocycles. The molecule has 0 unspecified atom stereocenters. The van der Waals surface area contributed by atoms with Crippen molar-refractivity contribution in [2.75, 3.05) is 0 Å². The lowest BCUT2D eigenvalue weighted by Gasteiger charge is -2.11. The Hall–Kier alpha value is -1.57. The van der Waals surface area contributed by atoms with Crippen LogP contribution in [-0.2, 0) is 0 Å². The van der Waals surface area contributed by atoms with Crippen molar-refractivity contribution in [3.63, 3.8) is 0 Å². The lowest BCUT2D eigenvalue weighted by atomic mass is 9.95. The van der Waals surface area contributed by atoms with E-state index < -0.39 is 0 Å². The highest BCUT2D eigenvalue weighted by Crippen LogP contribution is 2.29. The summed E-state index contributed by atoms with van der Waals surface area (Å²) < 4.78 is 13.6. The van der Waals surface area contributed by atoms with Gasteiger partial charge in [-0.1, -0.05) is 26.0 Å². The van der Waals surface area contributed by atoms with Gasteiger partial charge in [0.05, 0.1) is 0 Å². The molecule has 0 bridgehead atoms. The Balaban J connectivity index is 2.82. The summed E-state index contributed by atoms with van der Waals surface area (Å²) in [6.07, 6.45) is 0. The third-order valence-corrected chi connectivity index (χ3v) is 2.57. The van der Waals surface area contributed by atoms with Crippen molar-refractivity contribution in [3.05, 3.63) is 41.7 Å². The van der Waals surface area contributed by atoms with Gasteiger partial charge in [0.15, 0.2) is 0 Å². The number of rotatable bonds is 1.